The normalized spacial score (nSPS) is 15.0. The average molecular weight is 468 g/mol. The van der Waals surface area contributed by atoms with Gasteiger partial charge in [-0.2, -0.15) is 0 Å². The van der Waals surface area contributed by atoms with E-state index in [0.717, 1.165) is 23.7 Å². The highest BCUT2D eigenvalue weighted by atomic mass is 35.5. The van der Waals surface area contributed by atoms with Crippen molar-refractivity contribution < 1.29 is 23.9 Å². The summed E-state index contributed by atoms with van der Waals surface area (Å²) in [5.41, 5.74) is 1.67. The van der Waals surface area contributed by atoms with E-state index in [2.05, 4.69) is 0 Å². The lowest BCUT2D eigenvalue weighted by molar-refractivity contribution is -0.122. The van der Waals surface area contributed by atoms with E-state index in [9.17, 15) is 19.5 Å². The Morgan fingerprint density at radius 2 is 1.88 bits per heavy atom. The molecule has 0 atom stereocenters. The van der Waals surface area contributed by atoms with E-state index >= 15 is 0 Å². The van der Waals surface area contributed by atoms with Gasteiger partial charge in [-0.25, -0.2) is 4.79 Å². The maximum absolute atomic E-state index is 12.7. The van der Waals surface area contributed by atoms with Crippen LogP contribution < -0.4 is 0 Å². The smallest absolute Gasteiger partial charge is 0.335 e. The Morgan fingerprint density at radius 3 is 2.62 bits per heavy atom. The minimum atomic E-state index is -1.07. The van der Waals surface area contributed by atoms with Gasteiger partial charge in [0.15, 0.2) is 0 Å². The van der Waals surface area contributed by atoms with Gasteiger partial charge < -0.3 is 9.52 Å². The second kappa shape index (κ2) is 9.46. The minimum absolute atomic E-state index is 0.0824. The molecule has 2 aromatic carbocycles. The molecule has 0 bridgehead atoms. The van der Waals surface area contributed by atoms with Gasteiger partial charge >= 0.3 is 5.97 Å². The first-order valence-corrected chi connectivity index (χ1v) is 11.0. The Hall–Kier alpha value is -3.29. The number of rotatable bonds is 7. The van der Waals surface area contributed by atoms with Crippen molar-refractivity contribution in [1.29, 1.82) is 0 Å². The van der Waals surface area contributed by atoms with Crippen LogP contribution in [0.3, 0.4) is 0 Å². The van der Waals surface area contributed by atoms with Gasteiger partial charge in [0.05, 0.1) is 15.5 Å². The first kappa shape index (κ1) is 21.9. The monoisotopic (exact) mass is 467 g/mol. The summed E-state index contributed by atoms with van der Waals surface area (Å²) >= 11 is 7.06. The molecule has 32 heavy (non-hydrogen) atoms. The zero-order valence-electron chi connectivity index (χ0n) is 16.8. The third kappa shape index (κ3) is 4.79. The number of halogens is 1. The molecule has 1 fully saturated rings. The number of carbonyl (C=O) groups excluding carboxylic acids is 2. The van der Waals surface area contributed by atoms with Crippen LogP contribution in [0.5, 0.6) is 0 Å². The number of imide groups is 1. The molecule has 1 aliphatic rings. The molecule has 2 amide bonds. The molecular formula is C24H18ClNO5S. The van der Waals surface area contributed by atoms with Crippen molar-refractivity contribution in [3.8, 4) is 11.3 Å². The lowest BCUT2D eigenvalue weighted by Crippen LogP contribution is -2.29. The number of carboxylic acids is 1. The number of benzene rings is 2. The van der Waals surface area contributed by atoms with Gasteiger partial charge in [-0.1, -0.05) is 41.9 Å². The molecule has 0 saturated carbocycles. The van der Waals surface area contributed by atoms with Crippen molar-refractivity contribution in [3.05, 3.63) is 87.5 Å². The summed E-state index contributed by atoms with van der Waals surface area (Å²) in [6.07, 6.45) is 2.97. The van der Waals surface area contributed by atoms with Crippen LogP contribution in [0.1, 0.15) is 28.1 Å². The zero-order valence-corrected chi connectivity index (χ0v) is 18.4. The number of furan rings is 1. The third-order valence-electron chi connectivity index (χ3n) is 4.94. The summed E-state index contributed by atoms with van der Waals surface area (Å²) in [5.74, 6) is -0.689. The predicted octanol–water partition coefficient (Wildman–Crippen LogP) is 5.97. The fourth-order valence-corrected chi connectivity index (χ4v) is 4.39. The van der Waals surface area contributed by atoms with Crippen LogP contribution in [0.25, 0.3) is 17.4 Å². The SMILES string of the molecule is O=C(O)c1ccc(Cl)c(-c2ccc(/C=C3/SC(=O)N(CCCc4ccccc4)C3=O)o2)c1. The Kier molecular flexibility index (Phi) is 6.48. The molecular weight excluding hydrogens is 450 g/mol. The zero-order chi connectivity index (χ0) is 22.7. The second-order valence-corrected chi connectivity index (χ2v) is 8.52. The van der Waals surface area contributed by atoms with Gasteiger partial charge in [0.1, 0.15) is 11.5 Å². The lowest BCUT2D eigenvalue weighted by Gasteiger charge is -2.11. The molecule has 1 saturated heterocycles. The number of thioether (sulfide) groups is 1. The van der Waals surface area contributed by atoms with Crippen LogP contribution in [0, 0.1) is 0 Å². The maximum Gasteiger partial charge on any atom is 0.335 e. The second-order valence-electron chi connectivity index (χ2n) is 7.12. The number of aryl methyl sites for hydroxylation is 1. The number of aromatic carboxylic acids is 1. The number of hydrogen-bond donors (Lipinski definition) is 1. The first-order valence-electron chi connectivity index (χ1n) is 9.85. The number of carboxylic acid groups (broad SMARTS) is 1. The summed E-state index contributed by atoms with van der Waals surface area (Å²) < 4.78 is 5.76. The molecule has 6 nitrogen and oxygen atoms in total. The van der Waals surface area contributed by atoms with Crippen molar-refractivity contribution >= 4 is 46.6 Å². The Bertz CT molecular complexity index is 1220. The van der Waals surface area contributed by atoms with Crippen molar-refractivity contribution in [2.45, 2.75) is 12.8 Å². The molecule has 4 rings (SSSR count). The molecule has 1 N–H and O–H groups in total. The van der Waals surface area contributed by atoms with Crippen LogP contribution in [-0.4, -0.2) is 33.7 Å². The highest BCUT2D eigenvalue weighted by Gasteiger charge is 2.34. The van der Waals surface area contributed by atoms with Gasteiger partial charge in [0, 0.05) is 18.2 Å². The Labute approximate surface area is 193 Å². The van der Waals surface area contributed by atoms with E-state index < -0.39 is 5.97 Å². The van der Waals surface area contributed by atoms with Gasteiger partial charge in [-0.05, 0) is 60.5 Å². The van der Waals surface area contributed by atoms with E-state index in [-0.39, 0.29) is 21.6 Å². The van der Waals surface area contributed by atoms with E-state index in [1.54, 1.807) is 12.1 Å². The molecule has 162 valence electrons. The van der Waals surface area contributed by atoms with E-state index in [1.807, 2.05) is 30.3 Å². The molecule has 0 spiro atoms. The van der Waals surface area contributed by atoms with Crippen molar-refractivity contribution in [1.82, 2.24) is 4.90 Å². The van der Waals surface area contributed by atoms with Crippen LogP contribution in [0.2, 0.25) is 5.02 Å². The summed E-state index contributed by atoms with van der Waals surface area (Å²) in [5, 5.41) is 9.22. The molecule has 1 aliphatic heterocycles. The summed E-state index contributed by atoms with van der Waals surface area (Å²) in [6.45, 7) is 0.345. The Morgan fingerprint density at radius 1 is 1.09 bits per heavy atom. The van der Waals surface area contributed by atoms with Crippen molar-refractivity contribution in [2.24, 2.45) is 0 Å². The fourth-order valence-electron chi connectivity index (χ4n) is 3.33. The van der Waals surface area contributed by atoms with Crippen LogP contribution >= 0.6 is 23.4 Å². The van der Waals surface area contributed by atoms with E-state index in [0.29, 0.717) is 35.1 Å². The minimum Gasteiger partial charge on any atom is -0.478 e. The van der Waals surface area contributed by atoms with Crippen molar-refractivity contribution in [2.75, 3.05) is 6.54 Å². The van der Waals surface area contributed by atoms with E-state index in [1.165, 1.54) is 29.2 Å². The topological polar surface area (TPSA) is 87.8 Å². The maximum atomic E-state index is 12.7. The number of nitrogens with zero attached hydrogens (tertiary/aromatic N) is 1. The molecule has 2 heterocycles. The van der Waals surface area contributed by atoms with Crippen molar-refractivity contribution in [3.63, 3.8) is 0 Å². The number of carbonyl (C=O) groups is 3. The standard InChI is InChI=1S/C24H18ClNO5S/c25-19-10-8-16(23(28)29)13-18(19)20-11-9-17(31-20)14-21-22(27)26(24(30)32-21)12-4-7-15-5-2-1-3-6-15/h1-3,5-6,8-11,13-14H,4,7,12H2,(H,28,29)/b21-14+. The largest absolute Gasteiger partial charge is 0.478 e. The predicted molar refractivity (Wildman–Crippen MR) is 124 cm³/mol. The third-order valence-corrected chi connectivity index (χ3v) is 6.18. The van der Waals surface area contributed by atoms with Gasteiger partial charge in [-0.3, -0.25) is 14.5 Å². The summed E-state index contributed by atoms with van der Waals surface area (Å²) in [6, 6.07) is 17.5. The van der Waals surface area contributed by atoms with Gasteiger partial charge in [0.2, 0.25) is 0 Å². The molecule has 0 unspecified atom stereocenters. The summed E-state index contributed by atoms with van der Waals surface area (Å²) in [7, 11) is 0. The van der Waals surface area contributed by atoms with Crippen LogP contribution in [0.15, 0.2) is 70.0 Å². The highest BCUT2D eigenvalue weighted by molar-refractivity contribution is 8.18. The lowest BCUT2D eigenvalue weighted by atomic mass is 10.1. The Balaban J connectivity index is 1.46. The summed E-state index contributed by atoms with van der Waals surface area (Å²) in [4.78, 5) is 37.8. The van der Waals surface area contributed by atoms with E-state index in [4.69, 9.17) is 16.0 Å². The molecule has 0 radical (unpaired) electrons. The van der Waals surface area contributed by atoms with Gasteiger partial charge in [0.25, 0.3) is 11.1 Å². The first-order chi connectivity index (χ1) is 15.4. The quantitative estimate of drug-likeness (QED) is 0.431. The van der Waals surface area contributed by atoms with Crippen LogP contribution in [0.4, 0.5) is 4.79 Å². The molecule has 3 aromatic rings. The van der Waals surface area contributed by atoms with Gasteiger partial charge in [-0.15, -0.1) is 0 Å². The molecule has 8 heteroatoms. The fraction of sp³-hybridized carbons (Fsp3) is 0.125. The number of amides is 2. The average Bonchev–Trinajstić information content (AvgIpc) is 3.34. The number of hydrogen-bond acceptors (Lipinski definition) is 5. The highest BCUT2D eigenvalue weighted by Crippen LogP contribution is 2.35. The molecule has 1 aromatic heterocycles. The van der Waals surface area contributed by atoms with Crippen LogP contribution in [-0.2, 0) is 11.2 Å². The molecule has 0 aliphatic carbocycles.